The van der Waals surface area contributed by atoms with Crippen LogP contribution >= 0.6 is 0 Å². The Bertz CT molecular complexity index is 308. The predicted octanol–water partition coefficient (Wildman–Crippen LogP) is 1.99. The first kappa shape index (κ1) is 12.0. The van der Waals surface area contributed by atoms with Crippen LogP contribution in [0.15, 0.2) is 6.20 Å². The fraction of sp³-hybridized carbons (Fsp3) is 0.727. The number of methoxy groups -OCH3 is 1. The summed E-state index contributed by atoms with van der Waals surface area (Å²) in [6.07, 6.45) is 2.13. The molecule has 0 aliphatic heterocycles. The lowest BCUT2D eigenvalue weighted by molar-refractivity contribution is 0.113. The van der Waals surface area contributed by atoms with Gasteiger partial charge in [0.1, 0.15) is 11.8 Å². The fourth-order valence-electron chi connectivity index (χ4n) is 1.54. The Morgan fingerprint density at radius 3 is 2.67 bits per heavy atom. The number of aliphatic hydroxyl groups is 1. The van der Waals surface area contributed by atoms with E-state index in [2.05, 4.69) is 12.0 Å². The lowest BCUT2D eigenvalue weighted by Gasteiger charge is -2.17. The molecule has 1 rings (SSSR count). The van der Waals surface area contributed by atoms with Crippen LogP contribution in [0.1, 0.15) is 39.0 Å². The molecule has 0 radical (unpaired) electrons. The summed E-state index contributed by atoms with van der Waals surface area (Å²) >= 11 is 0. The zero-order valence-corrected chi connectivity index (χ0v) is 9.90. The number of hydrogen-bond acceptors (Lipinski definition) is 3. The van der Waals surface area contributed by atoms with Gasteiger partial charge in [0.15, 0.2) is 5.75 Å². The average molecular weight is 212 g/mol. The van der Waals surface area contributed by atoms with Gasteiger partial charge in [-0.25, -0.2) is 0 Å². The Kier molecular flexibility index (Phi) is 4.15. The molecule has 0 aromatic carbocycles. The molecular weight excluding hydrogens is 192 g/mol. The molecule has 0 bridgehead atoms. The Balaban J connectivity index is 3.04. The van der Waals surface area contributed by atoms with Gasteiger partial charge in [0, 0.05) is 6.54 Å². The van der Waals surface area contributed by atoms with Crippen molar-refractivity contribution in [3.05, 3.63) is 11.9 Å². The highest BCUT2D eigenvalue weighted by molar-refractivity contribution is 5.27. The zero-order chi connectivity index (χ0) is 11.4. The van der Waals surface area contributed by atoms with Crippen LogP contribution in [0, 0.1) is 5.92 Å². The lowest BCUT2D eigenvalue weighted by atomic mass is 10.0. The first-order chi connectivity index (χ1) is 7.11. The van der Waals surface area contributed by atoms with E-state index in [9.17, 15) is 5.11 Å². The molecule has 0 spiro atoms. The van der Waals surface area contributed by atoms with E-state index < -0.39 is 6.10 Å². The van der Waals surface area contributed by atoms with E-state index in [1.165, 1.54) is 0 Å². The minimum Gasteiger partial charge on any atom is -0.493 e. The fourth-order valence-corrected chi connectivity index (χ4v) is 1.54. The first-order valence-corrected chi connectivity index (χ1v) is 5.39. The van der Waals surface area contributed by atoms with Crippen LogP contribution < -0.4 is 4.74 Å². The van der Waals surface area contributed by atoms with Crippen LogP contribution in [0.5, 0.6) is 5.75 Å². The Morgan fingerprint density at radius 1 is 1.53 bits per heavy atom. The summed E-state index contributed by atoms with van der Waals surface area (Å²) in [6.45, 7) is 6.85. The molecule has 0 saturated heterocycles. The van der Waals surface area contributed by atoms with Crippen molar-refractivity contribution in [3.8, 4) is 5.75 Å². The third kappa shape index (κ3) is 2.50. The quantitative estimate of drug-likeness (QED) is 0.812. The number of aliphatic hydroxyl groups excluding tert-OH is 1. The molecule has 15 heavy (non-hydrogen) atoms. The van der Waals surface area contributed by atoms with Gasteiger partial charge in [-0.2, -0.15) is 5.10 Å². The number of aromatic nitrogens is 2. The van der Waals surface area contributed by atoms with E-state index in [0.717, 1.165) is 18.7 Å². The summed E-state index contributed by atoms with van der Waals surface area (Å²) in [4.78, 5) is 0. The first-order valence-electron chi connectivity index (χ1n) is 5.39. The second kappa shape index (κ2) is 5.16. The molecule has 4 heteroatoms. The normalized spacial score (nSPS) is 13.2. The average Bonchev–Trinajstić information content (AvgIpc) is 2.60. The van der Waals surface area contributed by atoms with Crippen molar-refractivity contribution in [2.45, 2.75) is 39.8 Å². The summed E-state index contributed by atoms with van der Waals surface area (Å²) in [5.74, 6) is 0.829. The largest absolute Gasteiger partial charge is 0.493 e. The van der Waals surface area contributed by atoms with Crippen molar-refractivity contribution in [1.82, 2.24) is 9.78 Å². The highest BCUT2D eigenvalue weighted by Crippen LogP contribution is 2.29. The van der Waals surface area contributed by atoms with E-state index in [0.29, 0.717) is 5.75 Å². The SMILES string of the molecule is CCCn1ncc(OC)c1C(O)C(C)C. The molecular formula is C11H20N2O2. The number of rotatable bonds is 5. The van der Waals surface area contributed by atoms with Crippen molar-refractivity contribution in [2.24, 2.45) is 5.92 Å². The summed E-state index contributed by atoms with van der Waals surface area (Å²) in [6, 6.07) is 0. The molecule has 0 aliphatic carbocycles. The maximum absolute atomic E-state index is 10.1. The molecule has 0 fully saturated rings. The molecule has 0 saturated carbocycles. The maximum Gasteiger partial charge on any atom is 0.162 e. The Morgan fingerprint density at radius 2 is 2.20 bits per heavy atom. The van der Waals surface area contributed by atoms with Gasteiger partial charge < -0.3 is 9.84 Å². The van der Waals surface area contributed by atoms with Crippen LogP contribution in [0.4, 0.5) is 0 Å². The molecule has 86 valence electrons. The second-order valence-electron chi connectivity index (χ2n) is 4.01. The summed E-state index contributed by atoms with van der Waals surface area (Å²) < 4.78 is 7.02. The number of ether oxygens (including phenoxy) is 1. The van der Waals surface area contributed by atoms with E-state index in [-0.39, 0.29) is 5.92 Å². The van der Waals surface area contributed by atoms with Crippen LogP contribution in [0.2, 0.25) is 0 Å². The molecule has 1 unspecified atom stereocenters. The highest BCUT2D eigenvalue weighted by atomic mass is 16.5. The minimum atomic E-state index is -0.519. The van der Waals surface area contributed by atoms with Gasteiger partial charge in [-0.05, 0) is 12.3 Å². The van der Waals surface area contributed by atoms with Gasteiger partial charge in [-0.15, -0.1) is 0 Å². The zero-order valence-electron chi connectivity index (χ0n) is 9.90. The number of nitrogens with zero attached hydrogens (tertiary/aromatic N) is 2. The second-order valence-corrected chi connectivity index (χ2v) is 4.01. The summed E-state index contributed by atoms with van der Waals surface area (Å²) in [7, 11) is 1.60. The summed E-state index contributed by atoms with van der Waals surface area (Å²) in [5, 5.41) is 14.3. The predicted molar refractivity (Wildman–Crippen MR) is 58.9 cm³/mol. The van der Waals surface area contributed by atoms with Crippen LogP contribution in [0.25, 0.3) is 0 Å². The third-order valence-corrected chi connectivity index (χ3v) is 2.41. The van der Waals surface area contributed by atoms with E-state index >= 15 is 0 Å². The molecule has 0 aliphatic rings. The van der Waals surface area contributed by atoms with Gasteiger partial charge in [0.05, 0.1) is 13.3 Å². The maximum atomic E-state index is 10.1. The molecule has 1 atom stereocenters. The van der Waals surface area contributed by atoms with Crippen molar-refractivity contribution in [1.29, 1.82) is 0 Å². The van der Waals surface area contributed by atoms with Crippen molar-refractivity contribution >= 4 is 0 Å². The molecule has 0 amide bonds. The molecule has 1 aromatic rings. The monoisotopic (exact) mass is 212 g/mol. The molecule has 1 heterocycles. The van der Waals surface area contributed by atoms with Gasteiger partial charge >= 0.3 is 0 Å². The highest BCUT2D eigenvalue weighted by Gasteiger charge is 2.22. The van der Waals surface area contributed by atoms with Crippen molar-refractivity contribution < 1.29 is 9.84 Å². The lowest BCUT2D eigenvalue weighted by Crippen LogP contribution is -2.14. The van der Waals surface area contributed by atoms with Crippen molar-refractivity contribution in [3.63, 3.8) is 0 Å². The minimum absolute atomic E-state index is 0.159. The Hall–Kier alpha value is -1.03. The van der Waals surface area contributed by atoms with Crippen LogP contribution in [-0.4, -0.2) is 22.0 Å². The standard InChI is InChI=1S/C11H20N2O2/c1-5-6-13-10(11(14)8(2)3)9(15-4)7-12-13/h7-8,11,14H,5-6H2,1-4H3. The Labute approximate surface area is 90.9 Å². The van der Waals surface area contributed by atoms with Crippen LogP contribution in [-0.2, 0) is 6.54 Å². The van der Waals surface area contributed by atoms with Crippen LogP contribution in [0.3, 0.4) is 0 Å². The number of hydrogen-bond donors (Lipinski definition) is 1. The molecule has 1 aromatic heterocycles. The smallest absolute Gasteiger partial charge is 0.162 e. The van der Waals surface area contributed by atoms with Gasteiger partial charge in [0.25, 0.3) is 0 Å². The van der Waals surface area contributed by atoms with Gasteiger partial charge in [-0.1, -0.05) is 20.8 Å². The van der Waals surface area contributed by atoms with E-state index in [1.54, 1.807) is 13.3 Å². The van der Waals surface area contributed by atoms with Crippen molar-refractivity contribution in [2.75, 3.05) is 7.11 Å². The van der Waals surface area contributed by atoms with Gasteiger partial charge in [-0.3, -0.25) is 4.68 Å². The number of aryl methyl sites for hydroxylation is 1. The topological polar surface area (TPSA) is 47.3 Å². The molecule has 1 N–H and O–H groups in total. The summed E-state index contributed by atoms with van der Waals surface area (Å²) in [5.41, 5.74) is 0.786. The third-order valence-electron chi connectivity index (χ3n) is 2.41. The van der Waals surface area contributed by atoms with E-state index in [1.807, 2.05) is 18.5 Å². The van der Waals surface area contributed by atoms with E-state index in [4.69, 9.17) is 4.74 Å². The molecule has 4 nitrogen and oxygen atoms in total. The van der Waals surface area contributed by atoms with Gasteiger partial charge in [0.2, 0.25) is 0 Å².